The third-order valence-electron chi connectivity index (χ3n) is 4.92. The lowest BCUT2D eigenvalue weighted by Crippen LogP contribution is -2.26. The van der Waals surface area contributed by atoms with Crippen molar-refractivity contribution in [2.75, 3.05) is 6.54 Å². The van der Waals surface area contributed by atoms with Gasteiger partial charge in [-0.05, 0) is 47.9 Å². The fourth-order valence-corrected chi connectivity index (χ4v) is 3.53. The number of imidazole rings is 2. The van der Waals surface area contributed by atoms with Crippen molar-refractivity contribution in [2.45, 2.75) is 26.1 Å². The molecule has 2 aromatic carbocycles. The molecule has 160 valence electrons. The van der Waals surface area contributed by atoms with Gasteiger partial charge in [0.1, 0.15) is 18.2 Å². The van der Waals surface area contributed by atoms with Crippen LogP contribution in [0, 0.1) is 5.82 Å². The second kappa shape index (κ2) is 10.2. The number of aromatic amines is 2. The zero-order valence-corrected chi connectivity index (χ0v) is 17.6. The predicted octanol–water partition coefficient (Wildman–Crippen LogP) is 4.75. The second-order valence-corrected chi connectivity index (χ2v) is 7.70. The van der Waals surface area contributed by atoms with Crippen LogP contribution in [-0.4, -0.2) is 31.4 Å². The predicted molar refractivity (Wildman–Crippen MR) is 117 cm³/mol. The summed E-state index contributed by atoms with van der Waals surface area (Å²) in [6.07, 6.45) is 7.84. The summed E-state index contributed by atoms with van der Waals surface area (Å²) in [6.45, 7) is 2.56. The number of H-pyrrole nitrogens is 2. The van der Waals surface area contributed by atoms with E-state index in [0.717, 1.165) is 47.8 Å². The van der Waals surface area contributed by atoms with Crippen LogP contribution in [0.1, 0.15) is 22.5 Å². The van der Waals surface area contributed by atoms with Crippen molar-refractivity contribution < 1.29 is 9.13 Å². The maximum Gasteiger partial charge on any atom is 0.123 e. The minimum absolute atomic E-state index is 0.259. The highest BCUT2D eigenvalue weighted by Gasteiger charge is 2.12. The van der Waals surface area contributed by atoms with Crippen molar-refractivity contribution in [2.24, 2.45) is 0 Å². The van der Waals surface area contributed by atoms with E-state index < -0.39 is 0 Å². The number of halogens is 2. The van der Waals surface area contributed by atoms with Crippen molar-refractivity contribution in [3.63, 3.8) is 0 Å². The third kappa shape index (κ3) is 6.16. The Kier molecular flexibility index (Phi) is 6.96. The first-order valence-electron chi connectivity index (χ1n) is 9.98. The lowest BCUT2D eigenvalue weighted by molar-refractivity contribution is 0.251. The number of benzene rings is 2. The van der Waals surface area contributed by atoms with Gasteiger partial charge in [-0.3, -0.25) is 4.90 Å². The first-order valence-corrected chi connectivity index (χ1v) is 10.4. The molecule has 0 aliphatic carbocycles. The molecule has 0 radical (unpaired) electrons. The minimum Gasteiger partial charge on any atom is -0.489 e. The highest BCUT2D eigenvalue weighted by molar-refractivity contribution is 6.30. The second-order valence-electron chi connectivity index (χ2n) is 7.27. The van der Waals surface area contributed by atoms with E-state index >= 15 is 0 Å². The topological polar surface area (TPSA) is 69.8 Å². The summed E-state index contributed by atoms with van der Waals surface area (Å²) in [5.41, 5.74) is 3.93. The molecular formula is C23H23ClFN5O. The van der Waals surface area contributed by atoms with Crippen LogP contribution in [0.4, 0.5) is 4.39 Å². The van der Waals surface area contributed by atoms with Gasteiger partial charge in [-0.25, -0.2) is 14.4 Å². The van der Waals surface area contributed by atoms with Crippen LogP contribution in [0.5, 0.6) is 5.75 Å². The van der Waals surface area contributed by atoms with E-state index in [1.165, 1.54) is 12.1 Å². The average molecular weight is 440 g/mol. The van der Waals surface area contributed by atoms with Crippen LogP contribution in [0.3, 0.4) is 0 Å². The van der Waals surface area contributed by atoms with Crippen LogP contribution in [0.25, 0.3) is 0 Å². The van der Waals surface area contributed by atoms with Crippen LogP contribution in [0.15, 0.2) is 67.5 Å². The van der Waals surface area contributed by atoms with Crippen LogP contribution in [0.2, 0.25) is 5.02 Å². The molecule has 0 aliphatic heterocycles. The lowest BCUT2D eigenvalue weighted by Gasteiger charge is -2.21. The Morgan fingerprint density at radius 1 is 1.06 bits per heavy atom. The normalized spacial score (nSPS) is 11.2. The average Bonchev–Trinajstić information content (AvgIpc) is 3.47. The molecule has 0 saturated heterocycles. The summed E-state index contributed by atoms with van der Waals surface area (Å²) in [5, 5.41) is 0.663. The van der Waals surface area contributed by atoms with Crippen molar-refractivity contribution in [3.05, 3.63) is 101 Å². The summed E-state index contributed by atoms with van der Waals surface area (Å²) < 4.78 is 19.2. The zero-order chi connectivity index (χ0) is 21.5. The maximum absolute atomic E-state index is 13.1. The van der Waals surface area contributed by atoms with Crippen LogP contribution in [-0.2, 0) is 26.1 Å². The molecule has 2 heterocycles. The molecule has 0 atom stereocenters. The molecule has 0 bridgehead atoms. The number of ether oxygens (including phenoxy) is 1. The van der Waals surface area contributed by atoms with E-state index in [-0.39, 0.29) is 5.82 Å². The molecule has 0 spiro atoms. The monoisotopic (exact) mass is 439 g/mol. The smallest absolute Gasteiger partial charge is 0.123 e. The first kappa shape index (κ1) is 21.1. The standard InChI is InChI=1S/C23H23ClFN5O/c24-19-3-6-23(31-14-17-1-4-20(25)5-2-17)18(9-19)7-8-30(12-21-10-26-15-28-21)13-22-11-27-16-29-22/h1-6,9-11,15-16H,7-8,12-14H2,(H,26,28)(H,27,29). The van der Waals surface area contributed by atoms with Crippen LogP contribution < -0.4 is 4.74 Å². The molecule has 0 saturated carbocycles. The molecule has 6 nitrogen and oxygen atoms in total. The van der Waals surface area contributed by atoms with Gasteiger partial charge < -0.3 is 14.7 Å². The van der Waals surface area contributed by atoms with Crippen molar-refractivity contribution in [1.82, 2.24) is 24.8 Å². The Morgan fingerprint density at radius 2 is 1.94 bits per heavy atom. The summed E-state index contributed by atoms with van der Waals surface area (Å²) in [4.78, 5) is 16.9. The molecule has 0 amide bonds. The molecule has 4 rings (SSSR count). The van der Waals surface area contributed by atoms with Gasteiger partial charge in [0.05, 0.1) is 18.3 Å². The van der Waals surface area contributed by atoms with Gasteiger partial charge in [0.2, 0.25) is 0 Å². The van der Waals surface area contributed by atoms with Gasteiger partial charge in [0.15, 0.2) is 0 Å². The minimum atomic E-state index is -0.259. The van der Waals surface area contributed by atoms with Crippen molar-refractivity contribution >= 4 is 11.6 Å². The Bertz CT molecular complexity index is 1030. The van der Waals surface area contributed by atoms with E-state index in [1.807, 2.05) is 30.6 Å². The van der Waals surface area contributed by atoms with E-state index in [0.29, 0.717) is 18.2 Å². The number of nitrogens with zero attached hydrogens (tertiary/aromatic N) is 3. The molecule has 2 aromatic heterocycles. The van der Waals surface area contributed by atoms with Crippen molar-refractivity contribution in [1.29, 1.82) is 0 Å². The van der Waals surface area contributed by atoms with Gasteiger partial charge in [-0.2, -0.15) is 0 Å². The Labute approximate surface area is 185 Å². The molecule has 4 aromatic rings. The highest BCUT2D eigenvalue weighted by Crippen LogP contribution is 2.25. The Hall–Kier alpha value is -3.16. The zero-order valence-electron chi connectivity index (χ0n) is 16.9. The fraction of sp³-hybridized carbons (Fsp3) is 0.217. The largest absolute Gasteiger partial charge is 0.489 e. The number of aromatic nitrogens is 4. The first-order chi connectivity index (χ1) is 15.2. The molecule has 0 aliphatic rings. The van der Waals surface area contributed by atoms with Gasteiger partial charge in [0, 0.05) is 42.7 Å². The third-order valence-corrected chi connectivity index (χ3v) is 5.15. The molecule has 0 unspecified atom stereocenters. The molecule has 31 heavy (non-hydrogen) atoms. The Morgan fingerprint density at radius 3 is 2.68 bits per heavy atom. The van der Waals surface area contributed by atoms with E-state index in [2.05, 4.69) is 24.8 Å². The summed E-state index contributed by atoms with van der Waals surface area (Å²) in [5.74, 6) is 0.514. The van der Waals surface area contributed by atoms with Gasteiger partial charge in [0.25, 0.3) is 0 Å². The quantitative estimate of drug-likeness (QED) is 0.374. The highest BCUT2D eigenvalue weighted by atomic mass is 35.5. The number of rotatable bonds is 10. The van der Waals surface area contributed by atoms with Crippen molar-refractivity contribution in [3.8, 4) is 5.75 Å². The SMILES string of the molecule is Fc1ccc(COc2ccc(Cl)cc2CCN(Cc2c[nH]cn2)Cc2cnc[nH]2)cc1. The molecule has 8 heteroatoms. The number of hydrogen-bond acceptors (Lipinski definition) is 4. The van der Waals surface area contributed by atoms with Crippen LogP contribution >= 0.6 is 11.6 Å². The van der Waals surface area contributed by atoms with E-state index in [1.54, 1.807) is 24.8 Å². The molecular weight excluding hydrogens is 417 g/mol. The van der Waals surface area contributed by atoms with Gasteiger partial charge in [-0.1, -0.05) is 23.7 Å². The number of hydrogen-bond donors (Lipinski definition) is 2. The Balaban J connectivity index is 1.44. The summed E-state index contributed by atoms with van der Waals surface area (Å²) in [7, 11) is 0. The summed E-state index contributed by atoms with van der Waals surface area (Å²) >= 11 is 6.26. The molecule has 2 N–H and O–H groups in total. The van der Waals surface area contributed by atoms with Gasteiger partial charge >= 0.3 is 0 Å². The number of nitrogens with one attached hydrogen (secondary N) is 2. The van der Waals surface area contributed by atoms with E-state index in [9.17, 15) is 4.39 Å². The lowest BCUT2D eigenvalue weighted by atomic mass is 10.1. The maximum atomic E-state index is 13.1. The molecule has 0 fully saturated rings. The fourth-order valence-electron chi connectivity index (χ4n) is 3.34. The van der Waals surface area contributed by atoms with E-state index in [4.69, 9.17) is 16.3 Å². The summed E-state index contributed by atoms with van der Waals surface area (Å²) in [6, 6.07) is 11.9. The van der Waals surface area contributed by atoms with Gasteiger partial charge in [-0.15, -0.1) is 0 Å².